The normalized spacial score (nSPS) is 12.1. The van der Waals surface area contributed by atoms with Crippen LogP contribution in [0.1, 0.15) is 27.7 Å². The van der Waals surface area contributed by atoms with E-state index in [1.165, 1.54) is 21.1 Å². The summed E-state index contributed by atoms with van der Waals surface area (Å²) in [4.78, 5) is 9.24. The average Bonchev–Trinajstić information content (AvgIpc) is 3.56. The Balaban J connectivity index is 0.000000192. The first-order chi connectivity index (χ1) is 25.9. The Morgan fingerprint density at radius 1 is 0.698 bits per heavy atom. The minimum atomic E-state index is -1.85. The second kappa shape index (κ2) is 16.6. The third-order valence-electron chi connectivity index (χ3n) is 9.12. The van der Waals surface area contributed by atoms with Crippen molar-refractivity contribution in [2.75, 3.05) is 0 Å². The van der Waals surface area contributed by atoms with E-state index in [-0.39, 0.29) is 26.0 Å². The van der Waals surface area contributed by atoms with Crippen molar-refractivity contribution in [2.45, 2.75) is 44.4 Å². The molecule has 0 spiro atoms. The molecule has 0 atom stereocenters. The predicted octanol–water partition coefficient (Wildman–Crippen LogP) is 12.4. The number of fused-ring (bicyclic) bond motifs is 3. The Morgan fingerprint density at radius 2 is 1.38 bits per heavy atom. The Kier molecular flexibility index (Phi) is 11.1. The zero-order chi connectivity index (χ0) is 38.0. The van der Waals surface area contributed by atoms with Crippen LogP contribution in [-0.2, 0) is 26.5 Å². The number of nitrogens with zero attached hydrogens (tertiary/aromatic N) is 2. The van der Waals surface area contributed by atoms with E-state index in [1.807, 2.05) is 62.4 Å². The van der Waals surface area contributed by atoms with Gasteiger partial charge in [0.2, 0.25) is 0 Å². The summed E-state index contributed by atoms with van der Waals surface area (Å²) in [5.74, 6) is 7.08. The molecule has 3 aromatic heterocycles. The van der Waals surface area contributed by atoms with Crippen LogP contribution in [0.25, 0.3) is 66.7 Å². The molecule has 0 aliphatic carbocycles. The molecule has 0 unspecified atom stereocenters. The fourth-order valence-corrected chi connectivity index (χ4v) is 10.2. The fraction of sp³-hybridized carbons (Fsp3) is 0.167. The van der Waals surface area contributed by atoms with Crippen LogP contribution in [0, 0.1) is 25.0 Å². The quantitative estimate of drug-likeness (QED) is 0.118. The first kappa shape index (κ1) is 35.4. The van der Waals surface area contributed by atoms with Crippen molar-refractivity contribution in [3.63, 3.8) is 0 Å². The van der Waals surface area contributed by atoms with Crippen molar-refractivity contribution >= 4 is 39.6 Å². The van der Waals surface area contributed by atoms with E-state index in [2.05, 4.69) is 120 Å². The molecule has 0 amide bonds. The summed E-state index contributed by atoms with van der Waals surface area (Å²) < 4.78 is 24.7. The topological polar surface area (TPSA) is 38.9 Å². The van der Waals surface area contributed by atoms with E-state index in [9.17, 15) is 0 Å². The summed E-state index contributed by atoms with van der Waals surface area (Å²) in [7, 11) is 0. The minimum Gasteiger partial charge on any atom is -0.501 e. The van der Waals surface area contributed by atoms with Crippen molar-refractivity contribution in [2.24, 2.45) is 5.92 Å². The Morgan fingerprint density at radius 3 is 2.04 bits per heavy atom. The maximum absolute atomic E-state index is 8.44. The number of furan rings is 1. The number of aryl methyl sites for hydroxylation is 1. The summed E-state index contributed by atoms with van der Waals surface area (Å²) in [5, 5.41) is 2.04. The third-order valence-corrected chi connectivity index (χ3v) is 13.6. The standard InChI is InChI=1S/C27H22NO.C21H22GeN.Ir/c1-18(2)15-19-13-14-28-25(16-19)24-10-6-9-23-22-12-11-21(17-26(22)29-27(23)24)20-7-4-3-5-8-20;1-16-13-21(23-15-20(16)22(2,3)4)19-12-8-11-18(14-19)17-9-6-5-7-10-17;/h3-9,11-14,16-18H,15H2,1-2H3;5-11,13-15H,1-4H3;/q2*-1;/i15D2;;. The second-order valence-electron chi connectivity index (χ2n) is 14.5. The summed E-state index contributed by atoms with van der Waals surface area (Å²) >= 11 is -1.85. The molecule has 0 bridgehead atoms. The molecule has 5 heteroatoms. The van der Waals surface area contributed by atoms with Crippen molar-refractivity contribution in [1.29, 1.82) is 0 Å². The molecule has 8 aromatic rings. The molecule has 0 aliphatic heterocycles. The Bertz CT molecular complexity index is 2560. The number of hydrogen-bond donors (Lipinski definition) is 0. The van der Waals surface area contributed by atoms with Gasteiger partial charge in [-0.05, 0) is 41.2 Å². The van der Waals surface area contributed by atoms with E-state index in [0.29, 0.717) is 11.3 Å². The summed E-state index contributed by atoms with van der Waals surface area (Å²) in [5.41, 5.74) is 11.6. The average molecular weight is 932 g/mol. The number of benzene rings is 5. The molecule has 0 saturated carbocycles. The van der Waals surface area contributed by atoms with Crippen molar-refractivity contribution in [3.8, 4) is 44.8 Å². The first-order valence-electron chi connectivity index (χ1n) is 18.8. The molecule has 3 heterocycles. The minimum absolute atomic E-state index is 0. The van der Waals surface area contributed by atoms with Crippen molar-refractivity contribution in [3.05, 3.63) is 163 Å². The maximum atomic E-state index is 8.44. The molecule has 3 nitrogen and oxygen atoms in total. The number of aromatic nitrogens is 2. The molecular formula is C48H44GeIrN2O-2. The van der Waals surface area contributed by atoms with E-state index < -0.39 is 19.6 Å². The maximum Gasteiger partial charge on any atom is 0.121 e. The summed E-state index contributed by atoms with van der Waals surface area (Å²) in [6.07, 6.45) is 2.31. The van der Waals surface area contributed by atoms with Gasteiger partial charge in [-0.3, -0.25) is 0 Å². The second-order valence-corrected chi connectivity index (χ2v) is 25.1. The molecule has 8 rings (SSSR count). The van der Waals surface area contributed by atoms with Gasteiger partial charge in [0.1, 0.15) is 5.58 Å². The SMILES string of the molecule is Cc1cc(-c2[c-]ccc(-c3ccccc3)c2)nc[c]1[Ge]([CH3])([CH3])[CH3].[2H]C([2H])(c1ccnc(-c2[c-]ccc3c2oc2cc(-c4ccccc4)ccc23)c1)C(C)C.[Ir]. The van der Waals surface area contributed by atoms with Gasteiger partial charge >= 0.3 is 142 Å². The van der Waals surface area contributed by atoms with Crippen LogP contribution < -0.4 is 4.40 Å². The van der Waals surface area contributed by atoms with Gasteiger partial charge in [0.25, 0.3) is 0 Å². The van der Waals surface area contributed by atoms with Crippen LogP contribution in [0.3, 0.4) is 0 Å². The molecular weight excluding hydrogens is 885 g/mol. The zero-order valence-corrected chi connectivity index (χ0v) is 35.5. The number of rotatable bonds is 7. The van der Waals surface area contributed by atoms with Crippen LogP contribution in [0.15, 0.2) is 144 Å². The van der Waals surface area contributed by atoms with Gasteiger partial charge in [-0.25, -0.2) is 0 Å². The molecule has 1 radical (unpaired) electrons. The van der Waals surface area contributed by atoms with Gasteiger partial charge in [-0.1, -0.05) is 78.9 Å². The number of hydrogen-bond acceptors (Lipinski definition) is 3. The van der Waals surface area contributed by atoms with E-state index >= 15 is 0 Å². The van der Waals surface area contributed by atoms with E-state index in [0.717, 1.165) is 49.9 Å². The van der Waals surface area contributed by atoms with Crippen LogP contribution in [0.4, 0.5) is 0 Å². The van der Waals surface area contributed by atoms with E-state index in [4.69, 9.17) is 12.1 Å². The van der Waals surface area contributed by atoms with E-state index in [1.54, 1.807) is 12.3 Å². The fourth-order valence-electron chi connectivity index (χ4n) is 6.65. The van der Waals surface area contributed by atoms with Crippen LogP contribution >= 0.6 is 0 Å². The molecule has 267 valence electrons. The first-order valence-corrected chi connectivity index (χ1v) is 25.2. The van der Waals surface area contributed by atoms with Crippen molar-refractivity contribution in [1.82, 2.24) is 9.97 Å². The summed E-state index contributed by atoms with van der Waals surface area (Å²) in [6.45, 7) is 5.98. The Labute approximate surface area is 333 Å². The van der Waals surface area contributed by atoms with Gasteiger partial charge < -0.3 is 9.40 Å². The smallest absolute Gasteiger partial charge is 0.121 e. The molecule has 53 heavy (non-hydrogen) atoms. The van der Waals surface area contributed by atoms with Gasteiger partial charge in [-0.15, -0.1) is 18.2 Å². The monoisotopic (exact) mass is 933 g/mol. The molecule has 0 fully saturated rings. The van der Waals surface area contributed by atoms with Crippen LogP contribution in [0.5, 0.6) is 0 Å². The molecule has 0 aliphatic rings. The van der Waals surface area contributed by atoms with Gasteiger partial charge in [0, 0.05) is 34.4 Å². The van der Waals surface area contributed by atoms with Crippen LogP contribution in [-0.4, -0.2) is 23.2 Å². The predicted molar refractivity (Wildman–Crippen MR) is 221 cm³/mol. The van der Waals surface area contributed by atoms with Gasteiger partial charge in [-0.2, -0.15) is 0 Å². The molecule has 5 aromatic carbocycles. The third kappa shape index (κ3) is 8.79. The Hall–Kier alpha value is -4.61. The summed E-state index contributed by atoms with van der Waals surface area (Å²) in [6, 6.07) is 49.5. The zero-order valence-electron chi connectivity index (χ0n) is 33.0. The largest absolute Gasteiger partial charge is 0.501 e. The van der Waals surface area contributed by atoms with Crippen molar-refractivity contribution < 1.29 is 27.3 Å². The molecule has 0 N–H and O–H groups in total. The molecule has 0 saturated heterocycles. The van der Waals surface area contributed by atoms with Gasteiger partial charge in [0.15, 0.2) is 0 Å². The number of pyridine rings is 2. The van der Waals surface area contributed by atoms with Gasteiger partial charge in [0.05, 0.1) is 5.58 Å². The van der Waals surface area contributed by atoms with Crippen LogP contribution in [0.2, 0.25) is 17.3 Å².